The van der Waals surface area contributed by atoms with Gasteiger partial charge in [-0.15, -0.1) is 6.58 Å². The zero-order valence-electron chi connectivity index (χ0n) is 14.1. The maximum absolute atomic E-state index is 4.16. The minimum Gasteiger partial charge on any atom is -0.296 e. The first kappa shape index (κ1) is 16.2. The molecule has 0 radical (unpaired) electrons. The van der Waals surface area contributed by atoms with E-state index in [1.54, 1.807) is 0 Å². The first-order valence-corrected chi connectivity index (χ1v) is 8.30. The van der Waals surface area contributed by atoms with Crippen molar-refractivity contribution in [2.45, 2.75) is 19.0 Å². The molecule has 1 nitrogen and oxygen atoms in total. The molecule has 0 saturated heterocycles. The molecule has 24 heavy (non-hydrogen) atoms. The third-order valence-electron chi connectivity index (χ3n) is 4.46. The largest absolute Gasteiger partial charge is 0.296 e. The number of hydrogen-bond acceptors (Lipinski definition) is 1. The molecule has 0 bridgehead atoms. The van der Waals surface area contributed by atoms with E-state index in [0.29, 0.717) is 0 Å². The second kappa shape index (κ2) is 7.29. The average Bonchev–Trinajstić information content (AvgIpc) is 2.65. The van der Waals surface area contributed by atoms with Crippen LogP contribution >= 0.6 is 0 Å². The van der Waals surface area contributed by atoms with Crippen LogP contribution in [-0.4, -0.2) is 0 Å². The summed E-state index contributed by atoms with van der Waals surface area (Å²) < 4.78 is 0. The van der Waals surface area contributed by atoms with Gasteiger partial charge < -0.3 is 0 Å². The van der Waals surface area contributed by atoms with E-state index in [4.69, 9.17) is 0 Å². The van der Waals surface area contributed by atoms with Gasteiger partial charge in [-0.2, -0.15) is 0 Å². The van der Waals surface area contributed by atoms with E-state index in [0.717, 1.165) is 6.54 Å². The monoisotopic (exact) mass is 313 g/mol. The number of aryl methyl sites for hydroxylation is 1. The van der Waals surface area contributed by atoms with Crippen LogP contribution in [0.25, 0.3) is 0 Å². The van der Waals surface area contributed by atoms with Crippen molar-refractivity contribution in [2.24, 2.45) is 0 Å². The maximum atomic E-state index is 4.16. The average molecular weight is 313 g/mol. The van der Waals surface area contributed by atoms with Gasteiger partial charge in [-0.25, -0.2) is 0 Å². The highest BCUT2D eigenvalue weighted by molar-refractivity contribution is 5.44. The second-order valence-electron chi connectivity index (χ2n) is 6.08. The number of hydrogen-bond donors (Lipinski definition) is 1. The summed E-state index contributed by atoms with van der Waals surface area (Å²) in [4.78, 5) is 0. The summed E-state index contributed by atoms with van der Waals surface area (Å²) >= 11 is 0. The van der Waals surface area contributed by atoms with Crippen molar-refractivity contribution in [3.05, 3.63) is 120 Å². The van der Waals surface area contributed by atoms with E-state index in [1.165, 1.54) is 22.3 Å². The summed E-state index contributed by atoms with van der Waals surface area (Å²) in [5.74, 6) is 0. The second-order valence-corrected chi connectivity index (χ2v) is 6.08. The molecule has 1 N–H and O–H groups in total. The van der Waals surface area contributed by atoms with Gasteiger partial charge >= 0.3 is 0 Å². The Morgan fingerprint density at radius 2 is 1.33 bits per heavy atom. The molecule has 120 valence electrons. The van der Waals surface area contributed by atoms with Gasteiger partial charge in [-0.3, -0.25) is 5.32 Å². The third kappa shape index (κ3) is 3.32. The van der Waals surface area contributed by atoms with Crippen LogP contribution in [0.1, 0.15) is 22.3 Å². The Labute approximate surface area is 144 Å². The fourth-order valence-corrected chi connectivity index (χ4v) is 3.03. The molecule has 0 spiro atoms. The Bertz CT molecular complexity index is 775. The Morgan fingerprint density at radius 3 is 1.92 bits per heavy atom. The van der Waals surface area contributed by atoms with Gasteiger partial charge in [0.05, 0.1) is 5.54 Å². The lowest BCUT2D eigenvalue weighted by Gasteiger charge is -2.33. The van der Waals surface area contributed by atoms with Crippen LogP contribution in [0.3, 0.4) is 0 Å². The minimum absolute atomic E-state index is 0.412. The van der Waals surface area contributed by atoms with Crippen molar-refractivity contribution >= 4 is 0 Å². The summed E-state index contributed by atoms with van der Waals surface area (Å²) in [6.45, 7) is 7.04. The van der Waals surface area contributed by atoms with Crippen LogP contribution in [0.2, 0.25) is 0 Å². The van der Waals surface area contributed by atoms with E-state index >= 15 is 0 Å². The highest BCUT2D eigenvalue weighted by atomic mass is 15.0. The van der Waals surface area contributed by atoms with Crippen molar-refractivity contribution in [3.8, 4) is 0 Å². The molecule has 0 amide bonds. The van der Waals surface area contributed by atoms with E-state index in [9.17, 15) is 0 Å². The normalized spacial score (nSPS) is 13.2. The summed E-state index contributed by atoms with van der Waals surface area (Å²) in [6, 6.07) is 29.6. The molecule has 3 aromatic rings. The zero-order chi connectivity index (χ0) is 16.8. The Morgan fingerprint density at radius 1 is 0.792 bits per heavy atom. The Kier molecular flexibility index (Phi) is 4.93. The van der Waals surface area contributed by atoms with Crippen LogP contribution in [0.5, 0.6) is 0 Å². The molecule has 3 rings (SSSR count). The van der Waals surface area contributed by atoms with Gasteiger partial charge in [0.15, 0.2) is 0 Å². The summed E-state index contributed by atoms with van der Waals surface area (Å²) in [7, 11) is 0. The number of benzene rings is 3. The molecular formula is C23H23N. The summed E-state index contributed by atoms with van der Waals surface area (Å²) in [6.07, 6.45) is 2.01. The van der Waals surface area contributed by atoms with Gasteiger partial charge in [0, 0.05) is 6.54 Å². The smallest absolute Gasteiger partial charge is 0.0877 e. The van der Waals surface area contributed by atoms with E-state index < -0.39 is 5.54 Å². The van der Waals surface area contributed by atoms with Crippen molar-refractivity contribution in [3.63, 3.8) is 0 Å². The lowest BCUT2D eigenvalue weighted by molar-refractivity contribution is 0.488. The molecular weight excluding hydrogens is 290 g/mol. The molecule has 0 aromatic heterocycles. The molecule has 0 aliphatic carbocycles. The van der Waals surface area contributed by atoms with Crippen molar-refractivity contribution in [1.29, 1.82) is 0 Å². The van der Waals surface area contributed by atoms with Gasteiger partial charge in [0.25, 0.3) is 0 Å². The van der Waals surface area contributed by atoms with Crippen molar-refractivity contribution < 1.29 is 0 Å². The standard InChI is InChI=1S/C23H23N/c1-3-23(21-12-8-5-9-13-21,22-16-14-19(2)15-17-22)24-18-20-10-6-4-7-11-20/h3-17,24H,1,18H2,2H3. The Balaban J connectivity index is 2.02. The predicted octanol–water partition coefficient (Wildman–Crippen LogP) is 5.21. The topological polar surface area (TPSA) is 12.0 Å². The van der Waals surface area contributed by atoms with Crippen LogP contribution in [0, 0.1) is 6.92 Å². The highest BCUT2D eigenvalue weighted by Crippen LogP contribution is 2.31. The number of nitrogens with one attached hydrogen (secondary N) is 1. The molecule has 1 heteroatoms. The van der Waals surface area contributed by atoms with Gasteiger partial charge in [-0.1, -0.05) is 96.6 Å². The van der Waals surface area contributed by atoms with Crippen LogP contribution in [0.4, 0.5) is 0 Å². The lowest BCUT2D eigenvalue weighted by Crippen LogP contribution is -2.41. The van der Waals surface area contributed by atoms with Crippen LogP contribution < -0.4 is 5.32 Å². The molecule has 0 fully saturated rings. The fourth-order valence-electron chi connectivity index (χ4n) is 3.03. The number of rotatable bonds is 6. The first-order chi connectivity index (χ1) is 11.7. The lowest BCUT2D eigenvalue weighted by atomic mass is 9.82. The fraction of sp³-hybridized carbons (Fsp3) is 0.130. The molecule has 0 heterocycles. The van der Waals surface area contributed by atoms with Crippen molar-refractivity contribution in [1.82, 2.24) is 5.32 Å². The molecule has 3 aromatic carbocycles. The van der Waals surface area contributed by atoms with E-state index in [-0.39, 0.29) is 0 Å². The van der Waals surface area contributed by atoms with Crippen LogP contribution in [0.15, 0.2) is 97.6 Å². The van der Waals surface area contributed by atoms with E-state index in [1.807, 2.05) is 18.2 Å². The molecule has 1 atom stereocenters. The minimum atomic E-state index is -0.412. The Hall–Kier alpha value is -2.64. The van der Waals surface area contributed by atoms with Gasteiger partial charge in [0.1, 0.15) is 0 Å². The van der Waals surface area contributed by atoms with Gasteiger partial charge in [0.2, 0.25) is 0 Å². The summed E-state index contributed by atoms with van der Waals surface area (Å²) in [5, 5.41) is 3.73. The predicted molar refractivity (Wildman–Crippen MR) is 102 cm³/mol. The highest BCUT2D eigenvalue weighted by Gasteiger charge is 2.30. The molecule has 0 aliphatic heterocycles. The van der Waals surface area contributed by atoms with E-state index in [2.05, 4.69) is 91.6 Å². The zero-order valence-corrected chi connectivity index (χ0v) is 14.1. The van der Waals surface area contributed by atoms with Gasteiger partial charge in [-0.05, 0) is 23.6 Å². The molecule has 0 aliphatic rings. The molecule has 0 saturated carbocycles. The SMILES string of the molecule is C=CC(NCc1ccccc1)(c1ccccc1)c1ccc(C)cc1. The maximum Gasteiger partial charge on any atom is 0.0877 e. The molecule has 1 unspecified atom stereocenters. The quantitative estimate of drug-likeness (QED) is 0.616. The summed E-state index contributed by atoms with van der Waals surface area (Å²) in [5.41, 5.74) is 4.50. The van der Waals surface area contributed by atoms with Crippen molar-refractivity contribution in [2.75, 3.05) is 0 Å². The van der Waals surface area contributed by atoms with Crippen LogP contribution in [-0.2, 0) is 12.1 Å². The first-order valence-electron chi connectivity index (χ1n) is 8.30. The third-order valence-corrected chi connectivity index (χ3v) is 4.46.